The van der Waals surface area contributed by atoms with Crippen LogP contribution in [0.1, 0.15) is 5.56 Å². The molecule has 0 saturated carbocycles. The largest absolute Gasteiger partial charge is 0.338 e. The van der Waals surface area contributed by atoms with E-state index in [1.807, 2.05) is 91.0 Å². The highest BCUT2D eigenvalue weighted by atomic mass is 31.2. The molecule has 3 aromatic rings. The van der Waals surface area contributed by atoms with Gasteiger partial charge in [0.15, 0.2) is 7.14 Å². The van der Waals surface area contributed by atoms with Crippen LogP contribution in [0.5, 0.6) is 0 Å². The first-order chi connectivity index (χ1) is 12.6. The predicted molar refractivity (Wildman–Crippen MR) is 108 cm³/mol. The molecule has 0 N–H and O–H groups in total. The maximum atomic E-state index is 14.0. The van der Waals surface area contributed by atoms with Crippen molar-refractivity contribution in [2.45, 2.75) is 6.42 Å². The summed E-state index contributed by atoms with van der Waals surface area (Å²) in [5.74, 6) is -0.0386. The zero-order valence-corrected chi connectivity index (χ0v) is 15.7. The second kappa shape index (κ2) is 8.16. The molecule has 132 valence electrons. The second-order valence-corrected chi connectivity index (χ2v) is 9.10. The normalized spacial score (nSPS) is 11.1. The summed E-state index contributed by atoms with van der Waals surface area (Å²) in [7, 11) is -1.21. The molecule has 0 aliphatic rings. The topological polar surface area (TPSA) is 37.4 Å². The van der Waals surface area contributed by atoms with Crippen LogP contribution in [0.15, 0.2) is 91.0 Å². The van der Waals surface area contributed by atoms with Crippen molar-refractivity contribution in [3.8, 4) is 0 Å². The lowest BCUT2D eigenvalue weighted by atomic mass is 10.1. The van der Waals surface area contributed by atoms with Crippen LogP contribution in [-0.2, 0) is 15.8 Å². The number of carbonyl (C=O) groups excluding carboxylic acids is 1. The molecule has 26 heavy (non-hydrogen) atoms. The van der Waals surface area contributed by atoms with Crippen molar-refractivity contribution in [2.75, 3.05) is 13.3 Å². The van der Waals surface area contributed by atoms with Crippen molar-refractivity contribution < 1.29 is 9.36 Å². The van der Waals surface area contributed by atoms with Gasteiger partial charge in [-0.25, -0.2) is 0 Å². The van der Waals surface area contributed by atoms with Crippen molar-refractivity contribution in [1.82, 2.24) is 4.90 Å². The molecule has 0 bridgehead atoms. The Kier molecular flexibility index (Phi) is 5.70. The number of hydrogen-bond donors (Lipinski definition) is 0. The minimum atomic E-state index is -2.93. The summed E-state index contributed by atoms with van der Waals surface area (Å²) >= 11 is 0. The highest BCUT2D eigenvalue weighted by molar-refractivity contribution is 7.78. The fourth-order valence-electron chi connectivity index (χ4n) is 2.93. The molecular weight excluding hydrogens is 341 g/mol. The molecule has 0 radical (unpaired) electrons. The lowest BCUT2D eigenvalue weighted by molar-refractivity contribution is -0.128. The van der Waals surface area contributed by atoms with Crippen molar-refractivity contribution in [3.63, 3.8) is 0 Å². The van der Waals surface area contributed by atoms with E-state index in [1.54, 1.807) is 11.9 Å². The lowest BCUT2D eigenvalue weighted by Crippen LogP contribution is -2.33. The van der Waals surface area contributed by atoms with Gasteiger partial charge in [-0.2, -0.15) is 0 Å². The molecule has 3 nitrogen and oxygen atoms in total. The van der Waals surface area contributed by atoms with Crippen LogP contribution in [0.25, 0.3) is 0 Å². The van der Waals surface area contributed by atoms with Crippen LogP contribution in [0.3, 0.4) is 0 Å². The Bertz CT molecular complexity index is 852. The van der Waals surface area contributed by atoms with Crippen molar-refractivity contribution in [3.05, 3.63) is 96.6 Å². The molecule has 0 fully saturated rings. The molecule has 0 atom stereocenters. The van der Waals surface area contributed by atoms with Crippen LogP contribution in [-0.4, -0.2) is 24.1 Å². The summed E-state index contributed by atoms with van der Waals surface area (Å²) in [6, 6.07) is 28.5. The molecule has 4 heteroatoms. The number of amides is 1. The first kappa shape index (κ1) is 18.2. The summed E-state index contributed by atoms with van der Waals surface area (Å²) in [4.78, 5) is 14.2. The molecule has 0 heterocycles. The molecule has 0 saturated heterocycles. The van der Waals surface area contributed by atoms with Crippen LogP contribution in [0.4, 0.5) is 0 Å². The third kappa shape index (κ3) is 4.12. The predicted octanol–water partition coefficient (Wildman–Crippen LogP) is 3.66. The van der Waals surface area contributed by atoms with Gasteiger partial charge in [-0.05, 0) is 5.56 Å². The number of rotatable bonds is 6. The highest BCUT2D eigenvalue weighted by Gasteiger charge is 2.30. The van der Waals surface area contributed by atoms with E-state index in [2.05, 4.69) is 0 Å². The Morgan fingerprint density at radius 2 is 1.19 bits per heavy atom. The minimum Gasteiger partial charge on any atom is -0.338 e. The summed E-state index contributed by atoms with van der Waals surface area (Å²) < 4.78 is 14.0. The van der Waals surface area contributed by atoms with Crippen molar-refractivity contribution in [1.29, 1.82) is 0 Å². The number of carbonyl (C=O) groups is 1. The lowest BCUT2D eigenvalue weighted by Gasteiger charge is -2.26. The molecule has 0 aliphatic heterocycles. The van der Waals surface area contributed by atoms with Crippen LogP contribution < -0.4 is 10.6 Å². The van der Waals surface area contributed by atoms with Crippen molar-refractivity contribution >= 4 is 23.7 Å². The number of hydrogen-bond acceptors (Lipinski definition) is 2. The van der Waals surface area contributed by atoms with Crippen LogP contribution in [0.2, 0.25) is 0 Å². The fraction of sp³-hybridized carbons (Fsp3) is 0.136. The van der Waals surface area contributed by atoms with Gasteiger partial charge in [-0.3, -0.25) is 4.79 Å². The number of nitrogens with zero attached hydrogens (tertiary/aromatic N) is 1. The second-order valence-electron chi connectivity index (χ2n) is 6.31. The molecule has 0 spiro atoms. The average Bonchev–Trinajstić information content (AvgIpc) is 2.70. The van der Waals surface area contributed by atoms with E-state index in [9.17, 15) is 9.36 Å². The van der Waals surface area contributed by atoms with E-state index in [4.69, 9.17) is 0 Å². The maximum Gasteiger partial charge on any atom is 0.227 e. The molecule has 1 amide bonds. The third-order valence-corrected chi connectivity index (χ3v) is 7.47. The Labute approximate surface area is 154 Å². The first-order valence-electron chi connectivity index (χ1n) is 8.58. The quantitative estimate of drug-likeness (QED) is 0.627. The molecule has 3 aromatic carbocycles. The van der Waals surface area contributed by atoms with Gasteiger partial charge in [0, 0.05) is 17.7 Å². The Morgan fingerprint density at radius 1 is 0.769 bits per heavy atom. The maximum absolute atomic E-state index is 14.0. The third-order valence-electron chi connectivity index (χ3n) is 4.38. The monoisotopic (exact) mass is 363 g/mol. The molecule has 0 aliphatic carbocycles. The fourth-order valence-corrected chi connectivity index (χ4v) is 5.62. The van der Waals surface area contributed by atoms with E-state index in [1.165, 1.54) is 0 Å². The standard InChI is InChI=1S/C22H22NO2P/c1-23(22(24)17-19-11-5-2-6-12-19)18-26(25,20-13-7-3-8-14-20)21-15-9-4-10-16-21/h2-16H,17-18H2,1H3. The molecule has 0 unspecified atom stereocenters. The Hall–Kier alpha value is -2.64. The average molecular weight is 363 g/mol. The van der Waals surface area contributed by atoms with E-state index in [0.717, 1.165) is 16.2 Å². The molecule has 0 aromatic heterocycles. The van der Waals surface area contributed by atoms with E-state index < -0.39 is 7.14 Å². The number of benzene rings is 3. The summed E-state index contributed by atoms with van der Waals surface area (Å²) in [6.07, 6.45) is 0.494. The van der Waals surface area contributed by atoms with Crippen LogP contribution in [0, 0.1) is 0 Å². The van der Waals surface area contributed by atoms with Gasteiger partial charge in [0.05, 0.1) is 12.7 Å². The van der Waals surface area contributed by atoms with Gasteiger partial charge in [0.25, 0.3) is 0 Å². The van der Waals surface area contributed by atoms with E-state index >= 15 is 0 Å². The first-order valence-corrected chi connectivity index (χ1v) is 10.5. The smallest absolute Gasteiger partial charge is 0.227 e. The SMILES string of the molecule is CN(CP(=O)(c1ccccc1)c1ccccc1)C(=O)Cc1ccccc1. The molecule has 3 rings (SSSR count). The summed E-state index contributed by atoms with van der Waals surface area (Å²) in [6.45, 7) is 0. The van der Waals surface area contributed by atoms with Gasteiger partial charge in [0.2, 0.25) is 5.91 Å². The zero-order chi connectivity index (χ0) is 18.4. The van der Waals surface area contributed by atoms with Gasteiger partial charge >= 0.3 is 0 Å². The number of likely N-dealkylation sites (N-methyl/N-ethyl adjacent to an activating group) is 1. The Morgan fingerprint density at radius 3 is 1.65 bits per heavy atom. The van der Waals surface area contributed by atoms with Gasteiger partial charge in [0.1, 0.15) is 0 Å². The van der Waals surface area contributed by atoms with Crippen LogP contribution >= 0.6 is 7.14 Å². The molecular formula is C22H22NO2P. The van der Waals surface area contributed by atoms with Gasteiger partial charge in [-0.1, -0.05) is 91.0 Å². The Balaban J connectivity index is 1.87. The van der Waals surface area contributed by atoms with Gasteiger partial charge in [-0.15, -0.1) is 0 Å². The van der Waals surface area contributed by atoms with Crippen molar-refractivity contribution in [2.24, 2.45) is 0 Å². The van der Waals surface area contributed by atoms with E-state index in [-0.39, 0.29) is 12.2 Å². The zero-order valence-electron chi connectivity index (χ0n) is 14.8. The summed E-state index contributed by atoms with van der Waals surface area (Å²) in [5.41, 5.74) is 0.957. The summed E-state index contributed by atoms with van der Waals surface area (Å²) in [5, 5.41) is 1.54. The van der Waals surface area contributed by atoms with E-state index in [0.29, 0.717) is 6.42 Å². The van der Waals surface area contributed by atoms with Gasteiger partial charge < -0.3 is 9.46 Å². The highest BCUT2D eigenvalue weighted by Crippen LogP contribution is 2.43. The minimum absolute atomic E-state index is 0.0386.